The van der Waals surface area contributed by atoms with E-state index in [1.807, 2.05) is 47.0 Å². The van der Waals surface area contributed by atoms with Crippen LogP contribution in [0.4, 0.5) is 0 Å². The van der Waals surface area contributed by atoms with Crippen LogP contribution in [0.5, 0.6) is 5.75 Å². The van der Waals surface area contributed by atoms with Gasteiger partial charge in [0.05, 0.1) is 5.52 Å². The Morgan fingerprint density at radius 3 is 2.78 bits per heavy atom. The Morgan fingerprint density at radius 1 is 0.944 bits per heavy atom. The number of hydrogen-bond donors (Lipinski definition) is 1. The molecule has 0 aliphatic heterocycles. The van der Waals surface area contributed by atoms with E-state index in [0.717, 1.165) is 27.5 Å². The molecule has 0 saturated carbocycles. The van der Waals surface area contributed by atoms with Crippen molar-refractivity contribution in [3.63, 3.8) is 0 Å². The number of nitrogens with zero attached hydrogens (tertiary/aromatic N) is 2. The van der Waals surface area contributed by atoms with Crippen molar-refractivity contribution in [2.45, 2.75) is 0 Å². The van der Waals surface area contributed by atoms with Crippen molar-refractivity contribution in [2.24, 2.45) is 0 Å². The molecule has 2 heterocycles. The number of imidazole rings is 1. The highest BCUT2D eigenvalue weighted by atomic mass is 16.3. The van der Waals surface area contributed by atoms with Crippen LogP contribution >= 0.6 is 0 Å². The zero-order chi connectivity index (χ0) is 12.1. The van der Waals surface area contributed by atoms with Gasteiger partial charge in [-0.05, 0) is 23.6 Å². The van der Waals surface area contributed by atoms with E-state index < -0.39 is 0 Å². The summed E-state index contributed by atoms with van der Waals surface area (Å²) in [6.07, 6.45) is 1.95. The normalized spacial score (nSPS) is 11.6. The van der Waals surface area contributed by atoms with Crippen molar-refractivity contribution in [3.8, 4) is 5.75 Å². The monoisotopic (exact) mass is 234 g/mol. The third-order valence-electron chi connectivity index (χ3n) is 3.29. The summed E-state index contributed by atoms with van der Waals surface area (Å²) in [4.78, 5) is 4.61. The molecule has 0 radical (unpaired) electrons. The van der Waals surface area contributed by atoms with Crippen molar-refractivity contribution in [1.29, 1.82) is 0 Å². The van der Waals surface area contributed by atoms with Crippen LogP contribution in [0.2, 0.25) is 0 Å². The number of rotatable bonds is 0. The summed E-state index contributed by atoms with van der Waals surface area (Å²) >= 11 is 0. The molecule has 0 amide bonds. The Labute approximate surface area is 103 Å². The molecule has 3 nitrogen and oxygen atoms in total. The Balaban J connectivity index is 2.34. The minimum atomic E-state index is 0.260. The summed E-state index contributed by atoms with van der Waals surface area (Å²) in [7, 11) is 0. The van der Waals surface area contributed by atoms with Gasteiger partial charge in [-0.15, -0.1) is 0 Å². The molecule has 0 bridgehead atoms. The molecule has 2 aromatic heterocycles. The average Bonchev–Trinajstić information content (AvgIpc) is 2.79. The number of benzene rings is 2. The van der Waals surface area contributed by atoms with Gasteiger partial charge in [0, 0.05) is 11.6 Å². The minimum absolute atomic E-state index is 0.260. The van der Waals surface area contributed by atoms with Crippen molar-refractivity contribution >= 4 is 27.5 Å². The molecular weight excluding hydrogens is 224 g/mol. The quantitative estimate of drug-likeness (QED) is 0.506. The first-order chi connectivity index (χ1) is 8.84. The van der Waals surface area contributed by atoms with E-state index in [2.05, 4.69) is 11.1 Å². The second-order valence-corrected chi connectivity index (χ2v) is 4.35. The van der Waals surface area contributed by atoms with Crippen molar-refractivity contribution < 1.29 is 5.11 Å². The van der Waals surface area contributed by atoms with E-state index in [0.29, 0.717) is 0 Å². The smallest absolute Gasteiger partial charge is 0.145 e. The Hall–Kier alpha value is -2.55. The van der Waals surface area contributed by atoms with Crippen LogP contribution in [0, 0.1) is 0 Å². The largest absolute Gasteiger partial charge is 0.506 e. The summed E-state index contributed by atoms with van der Waals surface area (Å²) in [5, 5.41) is 12.2. The highest BCUT2D eigenvalue weighted by Crippen LogP contribution is 2.28. The fourth-order valence-electron chi connectivity index (χ4n) is 2.47. The standard InChI is InChI=1S/C15H10N2O/c18-13-7-3-6-12-14(13)17-9-8-10-4-1-2-5-11(10)15(17)16-12/h1-9,18H. The predicted molar refractivity (Wildman–Crippen MR) is 71.9 cm³/mol. The van der Waals surface area contributed by atoms with Crippen LogP contribution in [0.1, 0.15) is 0 Å². The molecule has 4 rings (SSSR count). The number of pyridine rings is 1. The number of aromatic hydroxyl groups is 1. The molecule has 0 atom stereocenters. The summed E-state index contributed by atoms with van der Waals surface area (Å²) < 4.78 is 1.94. The minimum Gasteiger partial charge on any atom is -0.506 e. The van der Waals surface area contributed by atoms with Gasteiger partial charge in [-0.25, -0.2) is 4.98 Å². The second kappa shape index (κ2) is 3.23. The first-order valence-corrected chi connectivity index (χ1v) is 5.82. The summed E-state index contributed by atoms with van der Waals surface area (Å²) in [5.41, 5.74) is 2.45. The van der Waals surface area contributed by atoms with E-state index in [9.17, 15) is 5.11 Å². The number of phenols is 1. The van der Waals surface area contributed by atoms with E-state index >= 15 is 0 Å². The zero-order valence-corrected chi connectivity index (χ0v) is 9.54. The molecule has 2 aromatic carbocycles. The molecule has 0 fully saturated rings. The summed E-state index contributed by atoms with van der Waals surface area (Å²) in [6.45, 7) is 0. The lowest BCUT2D eigenvalue weighted by Gasteiger charge is -2.01. The van der Waals surface area contributed by atoms with Gasteiger partial charge in [-0.3, -0.25) is 4.40 Å². The maximum atomic E-state index is 9.97. The van der Waals surface area contributed by atoms with E-state index in [1.54, 1.807) is 6.07 Å². The number of hydrogen-bond acceptors (Lipinski definition) is 2. The van der Waals surface area contributed by atoms with Gasteiger partial charge in [0.15, 0.2) is 0 Å². The Bertz CT molecular complexity index is 893. The first kappa shape index (κ1) is 9.48. The topological polar surface area (TPSA) is 37.5 Å². The van der Waals surface area contributed by atoms with Gasteiger partial charge in [0.1, 0.15) is 16.9 Å². The van der Waals surface area contributed by atoms with Crippen LogP contribution in [-0.2, 0) is 0 Å². The van der Waals surface area contributed by atoms with Crippen LogP contribution in [0.25, 0.3) is 27.5 Å². The third kappa shape index (κ3) is 1.10. The average molecular weight is 234 g/mol. The molecule has 4 aromatic rings. The fraction of sp³-hybridized carbons (Fsp3) is 0. The number of fused-ring (bicyclic) bond motifs is 5. The first-order valence-electron chi connectivity index (χ1n) is 5.82. The molecule has 0 aliphatic rings. The van der Waals surface area contributed by atoms with Gasteiger partial charge in [0.2, 0.25) is 0 Å². The molecule has 0 spiro atoms. The van der Waals surface area contributed by atoms with Crippen LogP contribution < -0.4 is 0 Å². The van der Waals surface area contributed by atoms with Crippen molar-refractivity contribution in [2.75, 3.05) is 0 Å². The maximum Gasteiger partial charge on any atom is 0.145 e. The maximum absolute atomic E-state index is 9.97. The summed E-state index contributed by atoms with van der Waals surface area (Å²) in [6, 6.07) is 15.6. The lowest BCUT2D eigenvalue weighted by Crippen LogP contribution is -1.85. The molecule has 0 unspecified atom stereocenters. The fourth-order valence-corrected chi connectivity index (χ4v) is 2.47. The van der Waals surface area contributed by atoms with Gasteiger partial charge >= 0.3 is 0 Å². The SMILES string of the molecule is Oc1cccc2nc3c4ccccc4ccn3c12. The number of para-hydroxylation sites is 1. The molecule has 0 saturated heterocycles. The van der Waals surface area contributed by atoms with Crippen LogP contribution in [0.15, 0.2) is 54.7 Å². The molecule has 0 aliphatic carbocycles. The summed E-state index contributed by atoms with van der Waals surface area (Å²) in [5.74, 6) is 0.260. The second-order valence-electron chi connectivity index (χ2n) is 4.35. The van der Waals surface area contributed by atoms with Crippen LogP contribution in [0.3, 0.4) is 0 Å². The van der Waals surface area contributed by atoms with E-state index in [-0.39, 0.29) is 5.75 Å². The van der Waals surface area contributed by atoms with Gasteiger partial charge in [-0.2, -0.15) is 0 Å². The van der Waals surface area contributed by atoms with E-state index in [4.69, 9.17) is 0 Å². The molecular formula is C15H10N2O. The predicted octanol–water partition coefficient (Wildman–Crippen LogP) is 3.35. The van der Waals surface area contributed by atoms with Gasteiger partial charge in [0.25, 0.3) is 0 Å². The zero-order valence-electron chi connectivity index (χ0n) is 9.54. The third-order valence-corrected chi connectivity index (χ3v) is 3.29. The molecule has 18 heavy (non-hydrogen) atoms. The highest BCUT2D eigenvalue weighted by Gasteiger charge is 2.10. The number of phenolic OH excluding ortho intramolecular Hbond substituents is 1. The molecule has 1 N–H and O–H groups in total. The van der Waals surface area contributed by atoms with E-state index in [1.165, 1.54) is 0 Å². The van der Waals surface area contributed by atoms with Crippen molar-refractivity contribution in [1.82, 2.24) is 9.38 Å². The molecule has 86 valence electrons. The van der Waals surface area contributed by atoms with Crippen molar-refractivity contribution in [3.05, 3.63) is 54.7 Å². The lowest BCUT2D eigenvalue weighted by molar-refractivity contribution is 0.480. The Morgan fingerprint density at radius 2 is 1.83 bits per heavy atom. The molecule has 3 heteroatoms. The van der Waals surface area contributed by atoms with Gasteiger partial charge in [-0.1, -0.05) is 30.3 Å². The lowest BCUT2D eigenvalue weighted by atomic mass is 10.2. The van der Waals surface area contributed by atoms with Gasteiger partial charge < -0.3 is 5.11 Å². The Kier molecular flexibility index (Phi) is 1.70. The van der Waals surface area contributed by atoms with Crippen LogP contribution in [-0.4, -0.2) is 14.5 Å². The highest BCUT2D eigenvalue weighted by molar-refractivity contribution is 5.99. The number of aromatic nitrogens is 2.